The van der Waals surface area contributed by atoms with E-state index in [0.717, 1.165) is 22.6 Å². The number of hydrogen-bond donors (Lipinski definition) is 2. The van der Waals surface area contributed by atoms with Gasteiger partial charge in [-0.2, -0.15) is 0 Å². The number of nitrogen functional groups attached to an aromatic ring is 1. The zero-order chi connectivity index (χ0) is 20.2. The first-order valence-corrected chi connectivity index (χ1v) is 10.7. The van der Waals surface area contributed by atoms with E-state index in [1.54, 1.807) is 0 Å². The molecular weight excluding hydrogens is 404 g/mol. The van der Waals surface area contributed by atoms with Gasteiger partial charge in [-0.15, -0.1) is 10.2 Å². The molecule has 1 amide bonds. The number of amides is 1. The Labute approximate surface area is 176 Å². The molecule has 0 fully saturated rings. The van der Waals surface area contributed by atoms with E-state index in [-0.39, 0.29) is 17.6 Å². The van der Waals surface area contributed by atoms with Crippen LogP contribution < -0.4 is 11.1 Å². The van der Waals surface area contributed by atoms with E-state index in [2.05, 4.69) is 15.5 Å². The maximum atomic E-state index is 12.7. The minimum atomic E-state index is -0.241. The van der Waals surface area contributed by atoms with Crippen LogP contribution in [0.2, 0.25) is 0 Å². The van der Waals surface area contributed by atoms with Gasteiger partial charge >= 0.3 is 0 Å². The van der Waals surface area contributed by atoms with Gasteiger partial charge in [0.15, 0.2) is 4.34 Å². The van der Waals surface area contributed by atoms with E-state index < -0.39 is 0 Å². The van der Waals surface area contributed by atoms with Gasteiger partial charge in [0.2, 0.25) is 11.0 Å². The lowest BCUT2D eigenvalue weighted by atomic mass is 9.93. The highest BCUT2D eigenvalue weighted by atomic mass is 32.2. The van der Waals surface area contributed by atoms with Crippen molar-refractivity contribution in [3.63, 3.8) is 0 Å². The third kappa shape index (κ3) is 4.52. The first-order valence-electron chi connectivity index (χ1n) is 8.89. The second kappa shape index (κ2) is 8.54. The second-order valence-electron chi connectivity index (χ2n) is 6.33. The average Bonchev–Trinajstić information content (AvgIpc) is 3.08. The van der Waals surface area contributed by atoms with Gasteiger partial charge in [-0.25, -0.2) is 4.99 Å². The van der Waals surface area contributed by atoms with Crippen LogP contribution in [0.1, 0.15) is 18.4 Å². The molecule has 0 spiro atoms. The van der Waals surface area contributed by atoms with Crippen LogP contribution in [0.4, 0.5) is 16.5 Å². The number of thioether (sulfide) groups is 1. The van der Waals surface area contributed by atoms with Gasteiger partial charge in [0.1, 0.15) is 5.84 Å². The van der Waals surface area contributed by atoms with Crippen LogP contribution in [0.5, 0.6) is 0 Å². The van der Waals surface area contributed by atoms with E-state index >= 15 is 0 Å². The molecule has 0 saturated carbocycles. The number of carbonyl (C=O) groups is 1. The summed E-state index contributed by atoms with van der Waals surface area (Å²) in [5.74, 6) is 0.336. The van der Waals surface area contributed by atoms with Crippen LogP contribution >= 0.6 is 23.1 Å². The summed E-state index contributed by atoms with van der Waals surface area (Å²) in [7, 11) is 0. The molecule has 1 aromatic heterocycles. The lowest BCUT2D eigenvalue weighted by Crippen LogP contribution is -2.38. The zero-order valence-electron chi connectivity index (χ0n) is 15.6. The Morgan fingerprint density at radius 3 is 2.45 bits per heavy atom. The molecule has 7 nitrogen and oxygen atoms in total. The summed E-state index contributed by atoms with van der Waals surface area (Å²) >= 11 is 2.55. The standard InChI is InChI=1S/C20H18N6OS2/c1-12-17(13-7-3-2-4-8-13)18(23-15-10-6-5-9-14(15)22-12)24-16(27)11-28-20-26-25-19(21)29-20/h2-10,17H,11H2,1H3,(H2,21,25)(H,23,24,27)/t17-/m0/s1. The topological polar surface area (TPSA) is 106 Å². The maximum Gasteiger partial charge on any atom is 0.235 e. The van der Waals surface area contributed by atoms with Crippen molar-refractivity contribution in [2.45, 2.75) is 17.2 Å². The van der Waals surface area contributed by atoms with Gasteiger partial charge in [0.25, 0.3) is 0 Å². The molecule has 9 heteroatoms. The summed E-state index contributed by atoms with van der Waals surface area (Å²) in [6.07, 6.45) is 0. The predicted molar refractivity (Wildman–Crippen MR) is 119 cm³/mol. The van der Waals surface area contributed by atoms with Gasteiger partial charge < -0.3 is 11.1 Å². The molecule has 2 aromatic carbocycles. The van der Waals surface area contributed by atoms with E-state index in [4.69, 9.17) is 15.7 Å². The van der Waals surface area contributed by atoms with Crippen molar-refractivity contribution in [1.29, 1.82) is 0 Å². The van der Waals surface area contributed by atoms with Crippen molar-refractivity contribution in [2.75, 3.05) is 11.5 Å². The second-order valence-corrected chi connectivity index (χ2v) is 8.56. The maximum absolute atomic E-state index is 12.7. The number of nitrogens with zero attached hydrogens (tertiary/aromatic N) is 4. The molecule has 1 aliphatic rings. The monoisotopic (exact) mass is 422 g/mol. The largest absolute Gasteiger partial charge is 0.374 e. The normalized spacial score (nSPS) is 15.7. The van der Waals surface area contributed by atoms with E-state index in [9.17, 15) is 4.79 Å². The van der Waals surface area contributed by atoms with Crippen LogP contribution in [0.3, 0.4) is 0 Å². The van der Waals surface area contributed by atoms with Crippen LogP contribution in [0.25, 0.3) is 0 Å². The number of anilines is 1. The lowest BCUT2D eigenvalue weighted by Gasteiger charge is -2.19. The Hall–Kier alpha value is -3.04. The van der Waals surface area contributed by atoms with Crippen molar-refractivity contribution >= 4 is 57.1 Å². The van der Waals surface area contributed by atoms with Crippen LogP contribution in [0.15, 0.2) is 68.9 Å². The van der Waals surface area contributed by atoms with Crippen LogP contribution in [-0.4, -0.2) is 33.4 Å². The zero-order valence-corrected chi connectivity index (χ0v) is 17.2. The highest BCUT2D eigenvalue weighted by Gasteiger charge is 2.26. The van der Waals surface area contributed by atoms with Crippen molar-refractivity contribution in [2.24, 2.45) is 9.98 Å². The fraction of sp³-hybridized carbons (Fsp3) is 0.150. The third-order valence-corrected chi connectivity index (χ3v) is 6.15. The fourth-order valence-corrected chi connectivity index (χ4v) is 4.47. The summed E-state index contributed by atoms with van der Waals surface area (Å²) in [5.41, 5.74) is 8.99. The molecule has 2 heterocycles. The predicted octanol–water partition coefficient (Wildman–Crippen LogP) is 3.95. The number of benzene rings is 2. The summed E-state index contributed by atoms with van der Waals surface area (Å²) in [6.45, 7) is 1.96. The quantitative estimate of drug-likeness (QED) is 0.619. The van der Waals surface area contributed by atoms with E-state index in [1.807, 2.05) is 61.5 Å². The number of fused-ring (bicyclic) bond motifs is 1. The molecule has 3 aromatic rings. The average molecular weight is 423 g/mol. The number of para-hydroxylation sites is 2. The molecular formula is C20H18N6OS2. The number of amidine groups is 1. The first kappa shape index (κ1) is 19.3. The molecule has 0 radical (unpaired) electrons. The minimum absolute atomic E-state index is 0.171. The molecule has 0 bridgehead atoms. The molecule has 146 valence electrons. The Kier molecular flexibility index (Phi) is 5.68. The molecule has 0 saturated heterocycles. The highest BCUT2D eigenvalue weighted by Crippen LogP contribution is 2.34. The van der Waals surface area contributed by atoms with Gasteiger partial charge in [0, 0.05) is 5.71 Å². The van der Waals surface area contributed by atoms with Crippen molar-refractivity contribution < 1.29 is 4.79 Å². The Morgan fingerprint density at radius 2 is 1.76 bits per heavy atom. The number of aliphatic imine (C=N–C) groups is 2. The van der Waals surface area contributed by atoms with E-state index in [1.165, 1.54) is 23.1 Å². The molecule has 4 rings (SSSR count). The number of nitrogens with two attached hydrogens (primary N) is 1. The number of carbonyl (C=O) groups excluding carboxylic acids is 1. The van der Waals surface area contributed by atoms with E-state index in [0.29, 0.717) is 15.3 Å². The molecule has 3 N–H and O–H groups in total. The van der Waals surface area contributed by atoms with Gasteiger partial charge in [0.05, 0.1) is 23.0 Å². The fourth-order valence-electron chi connectivity index (χ4n) is 3.03. The van der Waals surface area contributed by atoms with Crippen molar-refractivity contribution in [1.82, 2.24) is 15.5 Å². The molecule has 0 aliphatic carbocycles. The number of nitrogens with one attached hydrogen (secondary N) is 1. The van der Waals surface area contributed by atoms with Crippen molar-refractivity contribution in [3.8, 4) is 0 Å². The van der Waals surface area contributed by atoms with Crippen LogP contribution in [0, 0.1) is 0 Å². The minimum Gasteiger partial charge on any atom is -0.374 e. The van der Waals surface area contributed by atoms with Crippen LogP contribution in [-0.2, 0) is 4.79 Å². The number of hydrogen-bond acceptors (Lipinski definition) is 8. The molecule has 0 unspecified atom stereocenters. The molecule has 1 atom stereocenters. The summed E-state index contributed by atoms with van der Waals surface area (Å²) in [5, 5.41) is 11.1. The Balaban J connectivity index is 1.62. The molecule has 29 heavy (non-hydrogen) atoms. The third-order valence-electron chi connectivity index (χ3n) is 4.26. The summed E-state index contributed by atoms with van der Waals surface area (Å²) in [6, 6.07) is 17.6. The first-order chi connectivity index (χ1) is 14.1. The summed E-state index contributed by atoms with van der Waals surface area (Å²) < 4.78 is 0.656. The highest BCUT2D eigenvalue weighted by molar-refractivity contribution is 8.01. The lowest BCUT2D eigenvalue weighted by molar-refractivity contribution is -0.117. The van der Waals surface area contributed by atoms with Gasteiger partial charge in [-0.3, -0.25) is 9.79 Å². The Morgan fingerprint density at radius 1 is 1.07 bits per heavy atom. The van der Waals surface area contributed by atoms with Gasteiger partial charge in [-0.1, -0.05) is 65.6 Å². The van der Waals surface area contributed by atoms with Crippen molar-refractivity contribution in [3.05, 3.63) is 60.2 Å². The summed E-state index contributed by atoms with van der Waals surface area (Å²) in [4.78, 5) is 22.2. The SMILES string of the molecule is CC1=Nc2ccccc2N=C(NC(=O)CSc2nnc(N)s2)[C@@H]1c1ccccc1. The number of rotatable bonds is 4. The smallest absolute Gasteiger partial charge is 0.235 e. The van der Waals surface area contributed by atoms with Gasteiger partial charge in [-0.05, 0) is 24.6 Å². The number of aromatic nitrogens is 2. The molecule has 1 aliphatic heterocycles. The Bertz CT molecular complexity index is 1090.